The van der Waals surface area contributed by atoms with Gasteiger partial charge in [-0.15, -0.1) is 0 Å². The molecule has 4 aromatic rings. The van der Waals surface area contributed by atoms with Gasteiger partial charge in [0.15, 0.2) is 5.49 Å². The van der Waals surface area contributed by atoms with Crippen molar-refractivity contribution in [1.82, 2.24) is 14.0 Å². The molecule has 3 heterocycles. The maximum Gasteiger partial charge on any atom is 0.341 e. The number of amides is 1. The minimum Gasteiger partial charge on any atom is -0.494 e. The van der Waals surface area contributed by atoms with Crippen LogP contribution in [0.3, 0.4) is 0 Å². The zero-order chi connectivity index (χ0) is 25.7. The normalized spacial score (nSPS) is 11.7. The molecule has 4 rings (SSSR count). The number of nitrogens with zero attached hydrogens (tertiary/aromatic N) is 4. The predicted molar refractivity (Wildman–Crippen MR) is 135 cm³/mol. The Kier molecular flexibility index (Phi) is 7.58. The van der Waals surface area contributed by atoms with Crippen LogP contribution in [0.4, 0.5) is 0 Å². The van der Waals surface area contributed by atoms with Gasteiger partial charge in [-0.3, -0.25) is 14.0 Å². The number of rotatable bonds is 8. The Bertz CT molecular complexity index is 1550. The van der Waals surface area contributed by atoms with Gasteiger partial charge in [0, 0.05) is 18.3 Å². The zero-order valence-corrected chi connectivity index (χ0v) is 20.6. The Morgan fingerprint density at radius 2 is 1.81 bits per heavy atom. The topological polar surface area (TPSA) is 104 Å². The SMILES string of the molecule is CCCCn1c(=NC(=O)c2ccc(OCC)cc2)c(C(=O)OCC)cc2c(=O)n3ccccc3nc21. The summed E-state index contributed by atoms with van der Waals surface area (Å²) in [7, 11) is 0. The molecule has 0 aliphatic rings. The zero-order valence-electron chi connectivity index (χ0n) is 20.6. The molecule has 3 aromatic heterocycles. The van der Waals surface area contributed by atoms with Crippen molar-refractivity contribution in [2.45, 2.75) is 40.2 Å². The molecule has 0 spiro atoms. The molecule has 0 atom stereocenters. The number of benzene rings is 1. The van der Waals surface area contributed by atoms with Crippen LogP contribution in [0.2, 0.25) is 0 Å². The fraction of sp³-hybridized carbons (Fsp3) is 0.296. The van der Waals surface area contributed by atoms with E-state index in [9.17, 15) is 14.4 Å². The average molecular weight is 489 g/mol. The number of aryl methyl sites for hydroxylation is 1. The van der Waals surface area contributed by atoms with E-state index < -0.39 is 11.9 Å². The first-order valence-electron chi connectivity index (χ1n) is 12.0. The molecule has 0 unspecified atom stereocenters. The van der Waals surface area contributed by atoms with Crippen molar-refractivity contribution in [2.75, 3.05) is 13.2 Å². The van der Waals surface area contributed by atoms with E-state index in [2.05, 4.69) is 4.99 Å². The minimum atomic E-state index is -0.666. The van der Waals surface area contributed by atoms with E-state index in [1.807, 2.05) is 13.8 Å². The molecule has 1 amide bonds. The summed E-state index contributed by atoms with van der Waals surface area (Å²) in [6.07, 6.45) is 3.19. The van der Waals surface area contributed by atoms with Crippen molar-refractivity contribution in [3.63, 3.8) is 0 Å². The molecule has 0 fully saturated rings. The van der Waals surface area contributed by atoms with Crippen LogP contribution in [-0.4, -0.2) is 39.0 Å². The number of esters is 1. The summed E-state index contributed by atoms with van der Waals surface area (Å²) < 4.78 is 13.8. The van der Waals surface area contributed by atoms with Crippen LogP contribution in [0.15, 0.2) is 64.5 Å². The molecule has 0 N–H and O–H groups in total. The number of aromatic nitrogens is 3. The summed E-state index contributed by atoms with van der Waals surface area (Å²) in [5.41, 5.74) is 0.964. The third-order valence-electron chi connectivity index (χ3n) is 5.64. The van der Waals surface area contributed by atoms with E-state index in [1.54, 1.807) is 60.2 Å². The van der Waals surface area contributed by atoms with Crippen LogP contribution in [0.5, 0.6) is 5.75 Å². The Morgan fingerprint density at radius 1 is 1.03 bits per heavy atom. The lowest BCUT2D eigenvalue weighted by molar-refractivity contribution is 0.0523. The summed E-state index contributed by atoms with van der Waals surface area (Å²) >= 11 is 0. The van der Waals surface area contributed by atoms with Crippen LogP contribution in [0.25, 0.3) is 16.7 Å². The molecule has 0 saturated carbocycles. The summed E-state index contributed by atoms with van der Waals surface area (Å²) in [5, 5.41) is 0.241. The summed E-state index contributed by atoms with van der Waals surface area (Å²) in [4.78, 5) is 48.6. The molecule has 9 nitrogen and oxygen atoms in total. The molecule has 186 valence electrons. The van der Waals surface area contributed by atoms with Crippen LogP contribution in [0.1, 0.15) is 54.3 Å². The number of hydrogen-bond acceptors (Lipinski definition) is 6. The third-order valence-corrected chi connectivity index (χ3v) is 5.64. The Labute approximate surface area is 207 Å². The highest BCUT2D eigenvalue weighted by Gasteiger charge is 2.20. The van der Waals surface area contributed by atoms with Gasteiger partial charge in [-0.05, 0) is 62.7 Å². The van der Waals surface area contributed by atoms with Crippen molar-refractivity contribution in [3.05, 3.63) is 81.7 Å². The van der Waals surface area contributed by atoms with E-state index in [4.69, 9.17) is 14.5 Å². The third kappa shape index (κ3) is 4.91. The quantitative estimate of drug-likeness (QED) is 0.276. The smallest absolute Gasteiger partial charge is 0.341 e. The molecule has 0 aliphatic heterocycles. The van der Waals surface area contributed by atoms with Gasteiger partial charge >= 0.3 is 5.97 Å². The second kappa shape index (κ2) is 11.0. The van der Waals surface area contributed by atoms with Crippen molar-refractivity contribution >= 4 is 28.6 Å². The Hall–Kier alpha value is -4.27. The van der Waals surface area contributed by atoms with Crippen LogP contribution in [0, 0.1) is 0 Å². The summed E-state index contributed by atoms with van der Waals surface area (Å²) in [6.45, 7) is 6.64. The van der Waals surface area contributed by atoms with Crippen molar-refractivity contribution in [2.24, 2.45) is 4.99 Å². The van der Waals surface area contributed by atoms with Gasteiger partial charge in [-0.25, -0.2) is 9.78 Å². The van der Waals surface area contributed by atoms with Crippen LogP contribution in [-0.2, 0) is 11.3 Å². The molecule has 0 saturated heterocycles. The molecular formula is C27H28N4O5. The second-order valence-electron chi connectivity index (χ2n) is 8.06. The monoisotopic (exact) mass is 488 g/mol. The second-order valence-corrected chi connectivity index (χ2v) is 8.06. The number of unbranched alkanes of at least 4 members (excludes halogenated alkanes) is 1. The molecule has 0 bridgehead atoms. The number of ether oxygens (including phenoxy) is 2. The van der Waals surface area contributed by atoms with E-state index in [0.29, 0.717) is 35.8 Å². The molecule has 0 radical (unpaired) electrons. The van der Waals surface area contributed by atoms with E-state index in [-0.39, 0.29) is 28.6 Å². The van der Waals surface area contributed by atoms with Gasteiger partial charge in [-0.2, -0.15) is 4.99 Å². The van der Waals surface area contributed by atoms with E-state index in [1.165, 1.54) is 10.5 Å². The number of carbonyl (C=O) groups is 2. The van der Waals surface area contributed by atoms with Crippen molar-refractivity contribution < 1.29 is 19.1 Å². The lowest BCUT2D eigenvalue weighted by Crippen LogP contribution is -2.32. The molecular weight excluding hydrogens is 460 g/mol. The fourth-order valence-electron chi connectivity index (χ4n) is 3.91. The van der Waals surface area contributed by atoms with Gasteiger partial charge in [0.1, 0.15) is 22.6 Å². The highest BCUT2D eigenvalue weighted by Crippen LogP contribution is 2.15. The number of carbonyl (C=O) groups excluding carboxylic acids is 2. The summed E-state index contributed by atoms with van der Waals surface area (Å²) in [6, 6.07) is 13.3. The Morgan fingerprint density at radius 3 is 2.50 bits per heavy atom. The van der Waals surface area contributed by atoms with Crippen LogP contribution >= 0.6 is 0 Å². The minimum absolute atomic E-state index is 0.0366. The lowest BCUT2D eigenvalue weighted by Gasteiger charge is -2.15. The van der Waals surface area contributed by atoms with Crippen molar-refractivity contribution in [3.8, 4) is 5.75 Å². The van der Waals surface area contributed by atoms with Gasteiger partial charge in [-0.1, -0.05) is 19.4 Å². The standard InChI is InChI=1S/C27H28N4O5/c1-4-7-15-31-23-20(26(33)30-16-9-8-10-22(30)28-23)17-21(27(34)36-6-3)24(31)29-25(32)18-11-13-19(14-12-18)35-5-2/h8-14,16-17H,4-7,15H2,1-3H3. The van der Waals surface area contributed by atoms with Crippen LogP contribution < -0.4 is 15.8 Å². The largest absolute Gasteiger partial charge is 0.494 e. The van der Waals surface area contributed by atoms with Gasteiger partial charge in [0.25, 0.3) is 11.5 Å². The average Bonchev–Trinajstić information content (AvgIpc) is 2.89. The highest BCUT2D eigenvalue weighted by molar-refractivity contribution is 5.97. The van der Waals surface area contributed by atoms with Crippen molar-refractivity contribution in [1.29, 1.82) is 0 Å². The molecule has 0 aliphatic carbocycles. The van der Waals surface area contributed by atoms with E-state index in [0.717, 1.165) is 12.8 Å². The summed E-state index contributed by atoms with van der Waals surface area (Å²) in [5.74, 6) is -0.562. The predicted octanol–water partition coefficient (Wildman–Crippen LogP) is 3.77. The maximum atomic E-state index is 13.3. The maximum absolute atomic E-state index is 13.3. The van der Waals surface area contributed by atoms with Gasteiger partial charge in [0.2, 0.25) is 0 Å². The number of pyridine rings is 2. The Balaban J connectivity index is 2.02. The number of hydrogen-bond donors (Lipinski definition) is 0. The lowest BCUT2D eigenvalue weighted by atomic mass is 10.2. The molecule has 9 heteroatoms. The van der Waals surface area contributed by atoms with E-state index >= 15 is 0 Å². The number of fused-ring (bicyclic) bond motifs is 2. The molecule has 36 heavy (non-hydrogen) atoms. The van der Waals surface area contributed by atoms with Gasteiger partial charge < -0.3 is 14.0 Å². The first-order chi connectivity index (χ1) is 17.5. The fourth-order valence-corrected chi connectivity index (χ4v) is 3.91. The molecule has 1 aromatic carbocycles. The highest BCUT2D eigenvalue weighted by atomic mass is 16.5. The first-order valence-corrected chi connectivity index (χ1v) is 12.0. The van der Waals surface area contributed by atoms with Gasteiger partial charge in [0.05, 0.1) is 18.6 Å². The first kappa shape index (κ1) is 24.8.